The molecular weight excluding hydrogens is 260 g/mol. The summed E-state index contributed by atoms with van der Waals surface area (Å²) in [4.78, 5) is 10.9. The second kappa shape index (κ2) is 5.05. The lowest BCUT2D eigenvalue weighted by molar-refractivity contribution is -0.384. The lowest BCUT2D eigenvalue weighted by atomic mass is 9.86. The third-order valence-corrected chi connectivity index (χ3v) is 3.74. The second-order valence-electron chi connectivity index (χ2n) is 6.43. The zero-order valence-corrected chi connectivity index (χ0v) is 13.2. The van der Waals surface area contributed by atoms with Gasteiger partial charge in [0.2, 0.25) is 5.82 Å². The number of nitro groups is 1. The molecule has 0 saturated heterocycles. The van der Waals surface area contributed by atoms with Crippen molar-refractivity contribution in [1.29, 1.82) is 0 Å². The average Bonchev–Trinajstić information content (AvgIpc) is 2.54. The minimum atomic E-state index is -1.05. The van der Waals surface area contributed by atoms with Crippen molar-refractivity contribution in [2.75, 3.05) is 5.32 Å². The van der Waals surface area contributed by atoms with E-state index in [1.54, 1.807) is 34.7 Å². The van der Waals surface area contributed by atoms with E-state index in [1.165, 1.54) is 4.68 Å². The number of rotatable bonds is 5. The molecule has 20 heavy (non-hydrogen) atoms. The Hall–Kier alpha value is -1.63. The van der Waals surface area contributed by atoms with E-state index in [9.17, 15) is 15.2 Å². The maximum Gasteiger partial charge on any atom is 0.334 e. The van der Waals surface area contributed by atoms with Crippen LogP contribution in [0.15, 0.2) is 0 Å². The zero-order chi connectivity index (χ0) is 15.9. The third kappa shape index (κ3) is 2.92. The van der Waals surface area contributed by atoms with Crippen LogP contribution in [0.4, 0.5) is 11.5 Å². The van der Waals surface area contributed by atoms with Crippen LogP contribution in [-0.4, -0.2) is 31.0 Å². The topological polar surface area (TPSA) is 93.2 Å². The van der Waals surface area contributed by atoms with E-state index in [4.69, 9.17) is 0 Å². The van der Waals surface area contributed by atoms with Gasteiger partial charge in [-0.25, -0.2) is 4.68 Å². The maximum atomic E-state index is 11.3. The molecule has 114 valence electrons. The van der Waals surface area contributed by atoms with Gasteiger partial charge in [0.25, 0.3) is 0 Å². The van der Waals surface area contributed by atoms with Crippen molar-refractivity contribution in [3.8, 4) is 0 Å². The largest absolute Gasteiger partial charge is 0.388 e. The fraction of sp³-hybridized carbons (Fsp3) is 0.769. The Kier molecular flexibility index (Phi) is 4.14. The first-order valence-electron chi connectivity index (χ1n) is 6.60. The van der Waals surface area contributed by atoms with Crippen LogP contribution in [0.5, 0.6) is 0 Å². The molecule has 0 bridgehead atoms. The van der Waals surface area contributed by atoms with Crippen molar-refractivity contribution in [2.45, 2.75) is 58.6 Å². The van der Waals surface area contributed by atoms with E-state index in [0.29, 0.717) is 11.5 Å². The van der Waals surface area contributed by atoms with Crippen molar-refractivity contribution in [3.63, 3.8) is 0 Å². The van der Waals surface area contributed by atoms with Gasteiger partial charge in [0, 0.05) is 13.0 Å². The minimum absolute atomic E-state index is 0.0279. The van der Waals surface area contributed by atoms with Crippen LogP contribution in [0, 0.1) is 10.1 Å². The van der Waals surface area contributed by atoms with Crippen LogP contribution in [0.25, 0.3) is 0 Å². The van der Waals surface area contributed by atoms with Gasteiger partial charge < -0.3 is 10.4 Å². The molecule has 0 aromatic carbocycles. The minimum Gasteiger partial charge on any atom is -0.388 e. The summed E-state index contributed by atoms with van der Waals surface area (Å²) in [6.07, 6.45) is 0. The fourth-order valence-electron chi connectivity index (χ4n) is 1.69. The summed E-state index contributed by atoms with van der Waals surface area (Å²) in [5, 5.41) is 28.8. The van der Waals surface area contributed by atoms with Crippen molar-refractivity contribution >= 4 is 11.5 Å². The Morgan fingerprint density at radius 2 is 1.85 bits per heavy atom. The fourth-order valence-corrected chi connectivity index (χ4v) is 1.69. The number of hydrogen-bond donors (Lipinski definition) is 2. The highest BCUT2D eigenvalue weighted by atomic mass is 16.6. The molecule has 0 unspecified atom stereocenters. The molecule has 2 N–H and O–H groups in total. The molecular formula is C13H24N4O3. The third-order valence-electron chi connectivity index (χ3n) is 3.74. The Morgan fingerprint density at radius 3 is 2.20 bits per heavy atom. The van der Waals surface area contributed by atoms with Gasteiger partial charge in [0.05, 0.1) is 16.1 Å². The first kappa shape index (κ1) is 16.4. The Bertz CT molecular complexity index is 512. The normalized spacial score (nSPS) is 12.8. The summed E-state index contributed by atoms with van der Waals surface area (Å²) < 4.78 is 1.46. The molecule has 1 aromatic rings. The lowest BCUT2D eigenvalue weighted by Gasteiger charge is -2.38. The first-order valence-corrected chi connectivity index (χ1v) is 6.60. The first-order chi connectivity index (χ1) is 8.88. The highest BCUT2D eigenvalue weighted by Gasteiger charge is 2.39. The monoisotopic (exact) mass is 284 g/mol. The molecule has 0 radical (unpaired) electrons. The summed E-state index contributed by atoms with van der Waals surface area (Å²) in [5.74, 6) is 0.258. The average molecular weight is 284 g/mol. The molecule has 0 fully saturated rings. The van der Waals surface area contributed by atoms with Crippen LogP contribution in [-0.2, 0) is 7.05 Å². The van der Waals surface area contributed by atoms with Crippen LogP contribution < -0.4 is 5.32 Å². The lowest BCUT2D eigenvalue weighted by Crippen LogP contribution is -2.51. The number of hydrogen-bond acceptors (Lipinski definition) is 5. The van der Waals surface area contributed by atoms with Gasteiger partial charge in [-0.1, -0.05) is 13.8 Å². The van der Waals surface area contributed by atoms with Crippen molar-refractivity contribution in [2.24, 2.45) is 7.05 Å². The van der Waals surface area contributed by atoms with Crippen LogP contribution >= 0.6 is 0 Å². The summed E-state index contributed by atoms with van der Waals surface area (Å²) in [6, 6.07) is 0. The molecule has 1 aromatic heterocycles. The van der Waals surface area contributed by atoms with E-state index < -0.39 is 16.1 Å². The summed E-state index contributed by atoms with van der Waals surface area (Å²) >= 11 is 0. The maximum absolute atomic E-state index is 11.3. The van der Waals surface area contributed by atoms with E-state index >= 15 is 0 Å². The Labute approximate surface area is 119 Å². The number of nitrogens with one attached hydrogen (secondary N) is 1. The number of nitrogens with zero attached hydrogens (tertiary/aromatic N) is 3. The van der Waals surface area contributed by atoms with E-state index in [1.807, 2.05) is 13.8 Å². The molecule has 0 atom stereocenters. The summed E-state index contributed by atoms with van der Waals surface area (Å²) in [5.41, 5.74) is -1.39. The van der Waals surface area contributed by atoms with Gasteiger partial charge in [-0.3, -0.25) is 10.1 Å². The van der Waals surface area contributed by atoms with Crippen LogP contribution in [0.1, 0.15) is 53.2 Å². The van der Waals surface area contributed by atoms with Gasteiger partial charge in [-0.05, 0) is 27.7 Å². The quantitative estimate of drug-likeness (QED) is 0.639. The molecule has 0 aliphatic heterocycles. The molecule has 7 nitrogen and oxygen atoms in total. The van der Waals surface area contributed by atoms with Crippen LogP contribution in [0.2, 0.25) is 0 Å². The number of anilines is 1. The van der Waals surface area contributed by atoms with Gasteiger partial charge in [-0.15, -0.1) is 0 Å². The molecule has 0 amide bonds. The van der Waals surface area contributed by atoms with Crippen molar-refractivity contribution in [1.82, 2.24) is 9.78 Å². The Balaban J connectivity index is 3.36. The molecule has 0 spiro atoms. The molecule has 7 heteroatoms. The van der Waals surface area contributed by atoms with Gasteiger partial charge in [0.15, 0.2) is 0 Å². The number of aryl methyl sites for hydroxylation is 1. The van der Waals surface area contributed by atoms with Gasteiger partial charge in [0.1, 0.15) is 5.69 Å². The molecule has 0 aliphatic rings. The summed E-state index contributed by atoms with van der Waals surface area (Å²) in [7, 11) is 1.65. The zero-order valence-electron chi connectivity index (χ0n) is 13.2. The van der Waals surface area contributed by atoms with Crippen molar-refractivity contribution < 1.29 is 10.0 Å². The SMILES string of the molecule is CC(C)c1nn(C)c(NC(C)(C)C(C)(C)O)c1[N+](=O)[O-]. The van der Waals surface area contributed by atoms with E-state index in [-0.39, 0.29) is 11.6 Å². The number of aromatic nitrogens is 2. The smallest absolute Gasteiger partial charge is 0.334 e. The highest BCUT2D eigenvalue weighted by Crippen LogP contribution is 2.36. The van der Waals surface area contributed by atoms with E-state index in [0.717, 1.165) is 0 Å². The molecule has 0 aliphatic carbocycles. The van der Waals surface area contributed by atoms with Crippen LogP contribution in [0.3, 0.4) is 0 Å². The second-order valence-corrected chi connectivity index (χ2v) is 6.43. The standard InChI is InChI=1S/C13H24N4O3/c1-8(2)9-10(17(19)20)11(16(7)15-9)14-12(3,4)13(5,6)18/h8,14,18H,1-7H3. The predicted octanol–water partition coefficient (Wildman–Crippen LogP) is 2.41. The van der Waals surface area contributed by atoms with Gasteiger partial charge in [-0.2, -0.15) is 5.10 Å². The highest BCUT2D eigenvalue weighted by molar-refractivity contribution is 5.62. The predicted molar refractivity (Wildman–Crippen MR) is 78.0 cm³/mol. The Morgan fingerprint density at radius 1 is 1.35 bits per heavy atom. The summed E-state index contributed by atoms with van der Waals surface area (Å²) in [6.45, 7) is 10.6. The molecule has 1 rings (SSSR count). The number of aliphatic hydroxyl groups is 1. The molecule has 0 saturated carbocycles. The van der Waals surface area contributed by atoms with Crippen molar-refractivity contribution in [3.05, 3.63) is 15.8 Å². The van der Waals surface area contributed by atoms with E-state index in [2.05, 4.69) is 10.4 Å². The van der Waals surface area contributed by atoms with Gasteiger partial charge >= 0.3 is 5.69 Å². The molecule has 1 heterocycles.